The molecule has 4 rings (SSSR count). The third-order valence-corrected chi connectivity index (χ3v) is 12.0. The van der Waals surface area contributed by atoms with Crippen LogP contribution in [0.3, 0.4) is 0 Å². The van der Waals surface area contributed by atoms with Crippen LogP contribution in [0.1, 0.15) is 260 Å². The molecule has 1 atom stereocenters. The lowest BCUT2D eigenvalue weighted by molar-refractivity contribution is -0.123. The van der Waals surface area contributed by atoms with E-state index in [1.165, 1.54) is 184 Å². The Bertz CT molecular complexity index is 1040. The van der Waals surface area contributed by atoms with E-state index in [1.54, 1.807) is 5.57 Å². The summed E-state index contributed by atoms with van der Waals surface area (Å²) in [6.07, 6.45) is 47.1. The number of ether oxygens (including phenoxy) is 1. The maximum absolute atomic E-state index is 12.2. The molecule has 2 saturated carbocycles. The van der Waals surface area contributed by atoms with Crippen molar-refractivity contribution in [1.82, 2.24) is 0 Å². The van der Waals surface area contributed by atoms with E-state index < -0.39 is 0 Å². The van der Waals surface area contributed by atoms with Crippen molar-refractivity contribution in [3.8, 4) is 0 Å². The van der Waals surface area contributed by atoms with E-state index in [2.05, 4.69) is 33.8 Å². The lowest BCUT2D eigenvalue weighted by Crippen LogP contribution is -2.28. The van der Waals surface area contributed by atoms with Gasteiger partial charge in [-0.3, -0.25) is 9.59 Å². The maximum Gasteiger partial charge on any atom is 0.136 e. The summed E-state index contributed by atoms with van der Waals surface area (Å²) in [4.78, 5) is 23.5. The fourth-order valence-electron chi connectivity index (χ4n) is 8.13. The maximum atomic E-state index is 12.2. The van der Waals surface area contributed by atoms with Crippen molar-refractivity contribution in [2.75, 3.05) is 5.88 Å². The van der Waals surface area contributed by atoms with Gasteiger partial charge in [-0.1, -0.05) is 152 Å². The fourth-order valence-corrected chi connectivity index (χ4v) is 8.44. The number of Topliss-reactive ketones (excluding diaryl/α,β-unsaturated/α-hetero) is 2. The fraction of sp³-hybridized carbons (Fsp3) is 0.843. The second-order valence-corrected chi connectivity index (χ2v) is 18.7. The van der Waals surface area contributed by atoms with Gasteiger partial charge in [0, 0.05) is 37.5 Å². The van der Waals surface area contributed by atoms with Crippen LogP contribution in [-0.4, -0.2) is 23.0 Å². The Labute approximate surface area is 348 Å². The first kappa shape index (κ1) is 51.7. The molecule has 0 saturated heterocycles. The first-order chi connectivity index (χ1) is 26.5. The van der Waals surface area contributed by atoms with Crippen LogP contribution in [-0.2, 0) is 14.3 Å². The molecule has 0 bridgehead atoms. The molecule has 1 heterocycles. The summed E-state index contributed by atoms with van der Waals surface area (Å²) >= 11 is 5.32. The van der Waals surface area contributed by atoms with Crippen molar-refractivity contribution < 1.29 is 14.3 Å². The van der Waals surface area contributed by atoms with E-state index in [0.717, 1.165) is 51.4 Å². The van der Waals surface area contributed by atoms with Crippen LogP contribution in [0.2, 0.25) is 0 Å². The van der Waals surface area contributed by atoms with Gasteiger partial charge in [-0.2, -0.15) is 0 Å². The molecule has 0 aromatic rings. The molecule has 0 N–H and O–H groups in total. The van der Waals surface area contributed by atoms with E-state index in [1.807, 2.05) is 19.9 Å². The van der Waals surface area contributed by atoms with Crippen molar-refractivity contribution in [2.24, 2.45) is 5.92 Å². The molecule has 0 spiro atoms. The van der Waals surface area contributed by atoms with Crippen LogP contribution in [0.15, 0.2) is 34.6 Å². The second-order valence-electron chi connectivity index (χ2n) is 18.4. The summed E-state index contributed by atoms with van der Waals surface area (Å²) in [6, 6.07) is 0. The monoisotopic (exact) mass is 787 g/mol. The van der Waals surface area contributed by atoms with Gasteiger partial charge in [0.1, 0.15) is 17.2 Å². The highest BCUT2D eigenvalue weighted by Crippen LogP contribution is 2.36. The Kier molecular flexibility index (Phi) is 32.6. The molecule has 0 amide bonds. The lowest BCUT2D eigenvalue weighted by Gasteiger charge is -2.35. The minimum atomic E-state index is 0.0793. The molecule has 0 aromatic carbocycles. The Morgan fingerprint density at radius 3 is 1.38 bits per heavy atom. The van der Waals surface area contributed by atoms with Crippen molar-refractivity contribution in [3.63, 3.8) is 0 Å². The first-order valence-electron chi connectivity index (χ1n) is 23.8. The van der Waals surface area contributed by atoms with Crippen LogP contribution in [0.5, 0.6) is 0 Å². The third-order valence-electron chi connectivity index (χ3n) is 11.8. The van der Waals surface area contributed by atoms with Crippen molar-refractivity contribution in [2.45, 2.75) is 265 Å². The second kappa shape index (κ2) is 34.7. The number of hydrogen-bond acceptors (Lipinski definition) is 3. The number of halogens is 1. The molecule has 2 fully saturated rings. The van der Waals surface area contributed by atoms with Gasteiger partial charge in [-0.05, 0) is 111 Å². The summed E-state index contributed by atoms with van der Waals surface area (Å²) in [7, 11) is 0. The van der Waals surface area contributed by atoms with Gasteiger partial charge in [0.05, 0.1) is 5.76 Å². The molecule has 320 valence electrons. The SMILES string of the molecule is CC(C)=CCC1CCCCCCCCCCC1=O.CC(C)=CCCl.CC1(C)CCC2=C(CCCCCCCCCC2)O1.O=C1CCCCCCCCCCC1. The molecule has 3 aliphatic carbocycles. The Balaban J connectivity index is 0.000000388. The highest BCUT2D eigenvalue weighted by Gasteiger charge is 2.27. The predicted molar refractivity (Wildman–Crippen MR) is 242 cm³/mol. The van der Waals surface area contributed by atoms with Gasteiger partial charge in [0.25, 0.3) is 0 Å². The van der Waals surface area contributed by atoms with Gasteiger partial charge in [-0.25, -0.2) is 0 Å². The number of carbonyl (C=O) groups excluding carboxylic acids is 2. The average Bonchev–Trinajstić information content (AvgIpc) is 3.12. The van der Waals surface area contributed by atoms with E-state index in [4.69, 9.17) is 16.3 Å². The van der Waals surface area contributed by atoms with Crippen molar-refractivity contribution in [1.29, 1.82) is 0 Å². The zero-order chi connectivity index (χ0) is 40.4. The minimum absolute atomic E-state index is 0.0793. The Hall–Kier alpha value is -1.35. The van der Waals surface area contributed by atoms with Crippen LogP contribution < -0.4 is 0 Å². The van der Waals surface area contributed by atoms with Gasteiger partial charge >= 0.3 is 0 Å². The zero-order valence-electron chi connectivity index (χ0n) is 37.6. The Morgan fingerprint density at radius 2 is 0.945 bits per heavy atom. The van der Waals surface area contributed by atoms with Crippen LogP contribution in [0.25, 0.3) is 0 Å². The summed E-state index contributed by atoms with van der Waals surface area (Å²) in [6.45, 7) is 12.8. The average molecular weight is 788 g/mol. The summed E-state index contributed by atoms with van der Waals surface area (Å²) < 4.78 is 6.26. The molecular formula is C51H91ClO3. The Morgan fingerprint density at radius 1 is 0.545 bits per heavy atom. The molecule has 55 heavy (non-hydrogen) atoms. The van der Waals surface area contributed by atoms with E-state index in [0.29, 0.717) is 23.4 Å². The molecular weight excluding hydrogens is 696 g/mol. The molecule has 1 unspecified atom stereocenters. The summed E-state index contributed by atoms with van der Waals surface area (Å²) in [5.41, 5.74) is 4.35. The standard InChI is InChI=1S/2C17H30O.C12H22O.C5H9Cl/c1-17(2)14-13-15-11-9-7-5-3-4-6-8-10-12-16(15)18-17;1-15(2)13-14-16-11-9-7-5-3-4-6-8-10-12-17(16)18;13-12-10-8-6-4-2-1-3-5-7-9-11-12;1-5(2)3-4-6/h3-14H2,1-2H3;13,16H,3-12,14H2,1-2H3;1-11H2;3H,4H2,1-2H3. The van der Waals surface area contributed by atoms with Gasteiger partial charge < -0.3 is 4.74 Å². The molecule has 0 radical (unpaired) electrons. The van der Waals surface area contributed by atoms with Crippen molar-refractivity contribution >= 4 is 23.2 Å². The molecule has 0 aromatic heterocycles. The van der Waals surface area contributed by atoms with Crippen molar-refractivity contribution in [3.05, 3.63) is 34.6 Å². The number of carbonyl (C=O) groups is 2. The van der Waals surface area contributed by atoms with E-state index in [9.17, 15) is 9.59 Å². The minimum Gasteiger partial charge on any atom is -0.492 e. The first-order valence-corrected chi connectivity index (χ1v) is 24.3. The topological polar surface area (TPSA) is 43.4 Å². The number of hydrogen-bond donors (Lipinski definition) is 0. The predicted octanol–water partition coefficient (Wildman–Crippen LogP) is 17.2. The zero-order valence-corrected chi connectivity index (χ0v) is 38.3. The third kappa shape index (κ3) is 31.3. The van der Waals surface area contributed by atoms with Gasteiger partial charge in [-0.15, -0.1) is 11.6 Å². The molecule has 1 aliphatic heterocycles. The largest absolute Gasteiger partial charge is 0.492 e. The van der Waals surface area contributed by atoms with Crippen LogP contribution >= 0.6 is 11.6 Å². The van der Waals surface area contributed by atoms with E-state index in [-0.39, 0.29) is 5.60 Å². The number of allylic oxidation sites excluding steroid dienone is 6. The number of ketones is 2. The highest BCUT2D eigenvalue weighted by atomic mass is 35.5. The number of rotatable bonds is 3. The molecule has 3 nitrogen and oxygen atoms in total. The smallest absolute Gasteiger partial charge is 0.136 e. The highest BCUT2D eigenvalue weighted by molar-refractivity contribution is 6.18. The van der Waals surface area contributed by atoms with Crippen LogP contribution in [0, 0.1) is 5.92 Å². The van der Waals surface area contributed by atoms with Crippen LogP contribution in [0.4, 0.5) is 0 Å². The quantitative estimate of drug-likeness (QED) is 0.211. The number of alkyl halides is 1. The summed E-state index contributed by atoms with van der Waals surface area (Å²) in [5.74, 6) is 3.34. The van der Waals surface area contributed by atoms with E-state index >= 15 is 0 Å². The van der Waals surface area contributed by atoms with Gasteiger partial charge in [0.15, 0.2) is 0 Å². The molecule has 4 aliphatic rings. The van der Waals surface area contributed by atoms with Gasteiger partial charge in [0.2, 0.25) is 0 Å². The summed E-state index contributed by atoms with van der Waals surface area (Å²) in [5, 5.41) is 0. The normalized spacial score (nSPS) is 22.9. The lowest BCUT2D eigenvalue weighted by atomic mass is 9.89. The molecule has 4 heteroatoms.